The molecule has 0 rings (SSSR count). The second-order valence-electron chi connectivity index (χ2n) is 6.73. The average molecular weight is 355 g/mol. The Balaban J connectivity index is -0.000000382. The number of aliphatic carboxylic acids is 1. The average Bonchev–Trinajstić information content (AvgIpc) is 2.48. The van der Waals surface area contributed by atoms with Gasteiger partial charge in [-0.2, -0.15) is 0 Å². The summed E-state index contributed by atoms with van der Waals surface area (Å²) in [4.78, 5) is 9.86. The Bertz CT molecular complexity index is 255. The first kappa shape index (κ1) is 27.6. The van der Waals surface area contributed by atoms with E-state index >= 15 is 0 Å². The third kappa shape index (κ3) is 16.4. The van der Waals surface area contributed by atoms with Crippen molar-refractivity contribution in [2.24, 2.45) is 5.73 Å². The van der Waals surface area contributed by atoms with E-state index in [4.69, 9.17) is 15.9 Å². The molecule has 0 aromatic carbocycles. The molecule has 2 unspecified atom stereocenters. The standard InChI is InChI=1S/C13H31P.C4H9NO3.H3N/c1-5-8-11-14(4,12-9-6-2)13-10-7-3;1-2(6)3(5)4(7)8;/h14H,5-13H2,1-4H3;2-3,6H,5H2,1H3,(H,7,8);1H3. The summed E-state index contributed by atoms with van der Waals surface area (Å²) in [6, 6.07) is -1.16. The third-order valence-electron chi connectivity index (χ3n) is 4.21. The van der Waals surface area contributed by atoms with Crippen molar-refractivity contribution in [2.75, 3.05) is 25.2 Å². The van der Waals surface area contributed by atoms with Crippen molar-refractivity contribution < 1.29 is 15.0 Å². The molecule has 0 heterocycles. The van der Waals surface area contributed by atoms with Crippen molar-refractivity contribution in [1.29, 1.82) is 0 Å². The number of carboxylic acids is 1. The van der Waals surface area contributed by atoms with Gasteiger partial charge in [0.25, 0.3) is 0 Å². The summed E-state index contributed by atoms with van der Waals surface area (Å²) in [5.41, 5.74) is 4.91. The van der Waals surface area contributed by atoms with E-state index in [1.807, 2.05) is 0 Å². The minimum atomic E-state index is -1.18. The van der Waals surface area contributed by atoms with Gasteiger partial charge >= 0.3 is 97.7 Å². The van der Waals surface area contributed by atoms with Gasteiger partial charge in [-0.15, -0.1) is 0 Å². The molecule has 0 aliphatic rings. The molecule has 0 bridgehead atoms. The molecule has 0 aliphatic heterocycles. The van der Waals surface area contributed by atoms with E-state index in [1.54, 1.807) is 18.5 Å². The SMILES string of the molecule is CC(O)C(N)C(=O)O.CCCC[PH](C)(CCCC)CCCC.N. The van der Waals surface area contributed by atoms with Gasteiger partial charge in [-0.1, -0.05) is 0 Å². The van der Waals surface area contributed by atoms with Crippen molar-refractivity contribution in [3.63, 3.8) is 0 Å². The first-order valence-corrected chi connectivity index (χ1v) is 12.0. The number of rotatable bonds is 11. The fourth-order valence-electron chi connectivity index (χ4n) is 2.39. The van der Waals surface area contributed by atoms with Crippen LogP contribution >= 0.6 is 7.26 Å². The zero-order chi connectivity index (χ0) is 17.6. The van der Waals surface area contributed by atoms with Gasteiger partial charge in [-0.3, -0.25) is 4.79 Å². The van der Waals surface area contributed by atoms with Gasteiger partial charge in [0.05, 0.1) is 6.10 Å². The van der Waals surface area contributed by atoms with Crippen LogP contribution in [0.4, 0.5) is 0 Å². The van der Waals surface area contributed by atoms with Crippen molar-refractivity contribution >= 4 is 13.2 Å². The quantitative estimate of drug-likeness (QED) is 0.422. The Labute approximate surface area is 144 Å². The third-order valence-corrected chi connectivity index (χ3v) is 8.89. The number of unbranched alkanes of at least 4 members (excludes halogenated alkanes) is 3. The number of aliphatic hydroxyl groups excluding tert-OH is 1. The molecule has 0 saturated carbocycles. The van der Waals surface area contributed by atoms with Gasteiger partial charge in [-0.25, -0.2) is 0 Å². The maximum absolute atomic E-state index is 9.86. The summed E-state index contributed by atoms with van der Waals surface area (Å²) in [7, 11) is -0.812. The van der Waals surface area contributed by atoms with E-state index in [1.165, 1.54) is 45.4 Å². The van der Waals surface area contributed by atoms with Gasteiger partial charge in [0.2, 0.25) is 0 Å². The molecule has 0 aromatic rings. The van der Waals surface area contributed by atoms with Crippen LogP contribution in [-0.2, 0) is 4.79 Å². The van der Waals surface area contributed by atoms with Crippen LogP contribution in [0.2, 0.25) is 0 Å². The maximum atomic E-state index is 9.86. The van der Waals surface area contributed by atoms with E-state index in [-0.39, 0.29) is 6.15 Å². The zero-order valence-electron chi connectivity index (χ0n) is 16.1. The molecule has 0 spiro atoms. The Morgan fingerprint density at radius 3 is 1.43 bits per heavy atom. The Morgan fingerprint density at radius 2 is 1.30 bits per heavy atom. The van der Waals surface area contributed by atoms with Crippen LogP contribution in [0.1, 0.15) is 66.2 Å². The zero-order valence-corrected chi connectivity index (χ0v) is 17.1. The van der Waals surface area contributed by atoms with E-state index in [2.05, 4.69) is 27.4 Å². The minimum Gasteiger partial charge on any atom is -0.344 e. The Morgan fingerprint density at radius 1 is 1.00 bits per heavy atom. The van der Waals surface area contributed by atoms with Gasteiger partial charge in [0.15, 0.2) is 0 Å². The van der Waals surface area contributed by atoms with Crippen molar-refractivity contribution in [2.45, 2.75) is 78.4 Å². The summed E-state index contributed by atoms with van der Waals surface area (Å²) < 4.78 is 0. The fraction of sp³-hybridized carbons (Fsp3) is 0.941. The molecule has 23 heavy (non-hydrogen) atoms. The minimum absolute atomic E-state index is 0. The second-order valence-corrected chi connectivity index (χ2v) is 11.8. The Kier molecular flexibility index (Phi) is 20.0. The molecule has 0 radical (unpaired) electrons. The number of carbonyl (C=O) groups is 1. The van der Waals surface area contributed by atoms with Crippen LogP contribution in [0, 0.1) is 0 Å². The van der Waals surface area contributed by atoms with Gasteiger partial charge in [0, 0.05) is 0 Å². The topological polar surface area (TPSA) is 119 Å². The molecule has 2 atom stereocenters. The molecule has 0 fully saturated rings. The molecule has 0 aromatic heterocycles. The first-order chi connectivity index (χ1) is 10.2. The molecular weight excluding hydrogens is 311 g/mol. The van der Waals surface area contributed by atoms with E-state index in [9.17, 15) is 4.79 Å². The van der Waals surface area contributed by atoms with Crippen molar-refractivity contribution in [3.05, 3.63) is 0 Å². The fourth-order valence-corrected chi connectivity index (χ4v) is 6.76. The molecule has 144 valence electrons. The van der Waals surface area contributed by atoms with Crippen LogP contribution < -0.4 is 11.9 Å². The number of nitrogens with two attached hydrogens (primary N) is 1. The van der Waals surface area contributed by atoms with Crippen LogP contribution in [0.25, 0.3) is 0 Å². The molecule has 6 heteroatoms. The summed E-state index contributed by atoms with van der Waals surface area (Å²) >= 11 is 0. The number of hydrogen-bond donors (Lipinski definition) is 4. The monoisotopic (exact) mass is 354 g/mol. The van der Waals surface area contributed by atoms with Crippen LogP contribution in [0.3, 0.4) is 0 Å². The van der Waals surface area contributed by atoms with Crippen LogP contribution in [-0.4, -0.2) is 53.5 Å². The van der Waals surface area contributed by atoms with Crippen molar-refractivity contribution in [1.82, 2.24) is 6.15 Å². The van der Waals surface area contributed by atoms with E-state index in [0.717, 1.165) is 0 Å². The predicted molar refractivity (Wildman–Crippen MR) is 106 cm³/mol. The van der Waals surface area contributed by atoms with Gasteiger partial charge < -0.3 is 22.1 Å². The molecule has 0 amide bonds. The summed E-state index contributed by atoms with van der Waals surface area (Å²) in [5.74, 6) is -1.18. The molecule has 7 N–H and O–H groups in total. The molecule has 0 aliphatic carbocycles. The summed E-state index contributed by atoms with van der Waals surface area (Å²) in [5, 5.41) is 16.6. The van der Waals surface area contributed by atoms with E-state index < -0.39 is 25.4 Å². The maximum Gasteiger partial charge on any atom is -0.344 e. The Hall–Kier alpha value is -0.220. The molecular formula is C17H43N2O3P. The first-order valence-electron chi connectivity index (χ1n) is 8.90. The summed E-state index contributed by atoms with van der Waals surface area (Å²) in [6.07, 6.45) is 12.4. The van der Waals surface area contributed by atoms with E-state index in [0.29, 0.717) is 0 Å². The smallest absolute Gasteiger partial charge is 0.344 e. The predicted octanol–water partition coefficient (Wildman–Crippen LogP) is 3.71. The normalized spacial score (nSPS) is 14.0. The van der Waals surface area contributed by atoms with Crippen LogP contribution in [0.5, 0.6) is 0 Å². The molecule has 0 saturated heterocycles. The second kappa shape index (κ2) is 16.6. The largest absolute Gasteiger partial charge is 0.344 e. The number of carboxylic acid groups (broad SMARTS) is 1. The van der Waals surface area contributed by atoms with Crippen LogP contribution in [0.15, 0.2) is 0 Å². The van der Waals surface area contributed by atoms with Crippen molar-refractivity contribution in [3.8, 4) is 0 Å². The summed E-state index contributed by atoms with van der Waals surface area (Å²) in [6.45, 7) is 11.0. The number of aliphatic hydroxyl groups is 1. The van der Waals surface area contributed by atoms with Gasteiger partial charge in [0.1, 0.15) is 6.04 Å². The van der Waals surface area contributed by atoms with Gasteiger partial charge in [-0.05, 0) is 6.92 Å². The number of hydrogen-bond acceptors (Lipinski definition) is 4. The molecule has 5 nitrogen and oxygen atoms in total.